The van der Waals surface area contributed by atoms with Gasteiger partial charge in [0.2, 0.25) is 5.91 Å². The number of benzene rings is 2. The summed E-state index contributed by atoms with van der Waals surface area (Å²) >= 11 is 6.07. The Balaban J connectivity index is 1.76. The number of nitrogens with one attached hydrogen (secondary N) is 1. The third kappa shape index (κ3) is 5.50. The lowest BCUT2D eigenvalue weighted by atomic mass is 9.82. The standard InChI is InChI=1S/C22H28ClNO2/c1-5-22(3,4)17-11-13-18(14-12-17)26-15-7-10-21(25)24-20-9-6-8-19(23)16(20)2/h6,8-9,11-14H,5,7,10,15H2,1-4H3,(H,24,25). The zero-order chi connectivity index (χ0) is 19.2. The van der Waals surface area contributed by atoms with E-state index in [0.29, 0.717) is 24.5 Å². The van der Waals surface area contributed by atoms with Gasteiger partial charge in [-0.15, -0.1) is 0 Å². The lowest BCUT2D eigenvalue weighted by Gasteiger charge is -2.23. The third-order valence-electron chi connectivity index (χ3n) is 4.88. The van der Waals surface area contributed by atoms with Crippen molar-refractivity contribution in [2.24, 2.45) is 0 Å². The molecule has 1 amide bonds. The molecule has 0 radical (unpaired) electrons. The van der Waals surface area contributed by atoms with Gasteiger partial charge in [-0.1, -0.05) is 50.6 Å². The summed E-state index contributed by atoms with van der Waals surface area (Å²) < 4.78 is 5.75. The van der Waals surface area contributed by atoms with Crippen molar-refractivity contribution in [1.82, 2.24) is 0 Å². The number of hydrogen-bond acceptors (Lipinski definition) is 2. The summed E-state index contributed by atoms with van der Waals surface area (Å²) in [5.74, 6) is 0.811. The minimum atomic E-state index is -0.0287. The number of carbonyl (C=O) groups excluding carboxylic acids is 1. The molecule has 26 heavy (non-hydrogen) atoms. The van der Waals surface area contributed by atoms with E-state index in [1.165, 1.54) is 5.56 Å². The van der Waals surface area contributed by atoms with Gasteiger partial charge in [-0.2, -0.15) is 0 Å². The van der Waals surface area contributed by atoms with Gasteiger partial charge in [0, 0.05) is 17.1 Å². The van der Waals surface area contributed by atoms with Crippen LogP contribution in [0.5, 0.6) is 5.75 Å². The average molecular weight is 374 g/mol. The van der Waals surface area contributed by atoms with E-state index in [2.05, 4.69) is 38.2 Å². The van der Waals surface area contributed by atoms with Crippen LogP contribution >= 0.6 is 11.6 Å². The first-order chi connectivity index (χ1) is 12.3. The molecule has 0 aliphatic carbocycles. The first-order valence-electron chi connectivity index (χ1n) is 9.12. The molecule has 2 aromatic rings. The molecular weight excluding hydrogens is 346 g/mol. The molecule has 0 unspecified atom stereocenters. The summed E-state index contributed by atoms with van der Waals surface area (Å²) in [5, 5.41) is 3.55. The molecule has 2 aromatic carbocycles. The summed E-state index contributed by atoms with van der Waals surface area (Å²) in [6.45, 7) is 9.08. The fraction of sp³-hybridized carbons (Fsp3) is 0.409. The molecule has 0 aliphatic heterocycles. The Labute approximate surface area is 161 Å². The minimum Gasteiger partial charge on any atom is -0.494 e. The van der Waals surface area contributed by atoms with Crippen LogP contribution in [0.25, 0.3) is 0 Å². The van der Waals surface area contributed by atoms with Crippen LogP contribution in [-0.2, 0) is 10.2 Å². The van der Waals surface area contributed by atoms with Gasteiger partial charge in [-0.05, 0) is 60.6 Å². The quantitative estimate of drug-likeness (QED) is 0.565. The van der Waals surface area contributed by atoms with E-state index in [1.54, 1.807) is 0 Å². The molecule has 3 nitrogen and oxygen atoms in total. The van der Waals surface area contributed by atoms with Gasteiger partial charge >= 0.3 is 0 Å². The number of rotatable bonds is 8. The number of anilines is 1. The molecule has 0 saturated carbocycles. The molecule has 4 heteroatoms. The smallest absolute Gasteiger partial charge is 0.224 e. The Kier molecular flexibility index (Phi) is 7.10. The van der Waals surface area contributed by atoms with E-state index in [-0.39, 0.29) is 11.3 Å². The molecule has 0 aliphatic rings. The number of carbonyl (C=O) groups is 1. The Morgan fingerprint density at radius 1 is 1.15 bits per heavy atom. The first-order valence-corrected chi connectivity index (χ1v) is 9.49. The maximum absolute atomic E-state index is 12.1. The lowest BCUT2D eigenvalue weighted by Crippen LogP contribution is -2.15. The van der Waals surface area contributed by atoms with E-state index in [4.69, 9.17) is 16.3 Å². The summed E-state index contributed by atoms with van der Waals surface area (Å²) in [5.41, 5.74) is 3.13. The molecule has 0 bridgehead atoms. The monoisotopic (exact) mass is 373 g/mol. The zero-order valence-corrected chi connectivity index (χ0v) is 16.8. The van der Waals surface area contributed by atoms with Gasteiger partial charge in [-0.3, -0.25) is 4.79 Å². The Morgan fingerprint density at radius 2 is 1.85 bits per heavy atom. The zero-order valence-electron chi connectivity index (χ0n) is 16.1. The summed E-state index contributed by atoms with van der Waals surface area (Å²) in [6.07, 6.45) is 2.16. The molecule has 2 rings (SSSR count). The highest BCUT2D eigenvalue weighted by atomic mass is 35.5. The van der Waals surface area contributed by atoms with Crippen LogP contribution in [0.3, 0.4) is 0 Å². The molecule has 0 spiro atoms. The molecular formula is C22H28ClNO2. The highest BCUT2D eigenvalue weighted by Gasteiger charge is 2.17. The highest BCUT2D eigenvalue weighted by molar-refractivity contribution is 6.31. The molecule has 0 atom stereocenters. The molecule has 1 N–H and O–H groups in total. The minimum absolute atomic E-state index is 0.0287. The van der Waals surface area contributed by atoms with Gasteiger partial charge in [0.15, 0.2) is 0 Å². The van der Waals surface area contributed by atoms with Crippen LogP contribution in [0, 0.1) is 6.92 Å². The third-order valence-corrected chi connectivity index (χ3v) is 5.29. The van der Waals surface area contributed by atoms with Crippen LogP contribution in [0.2, 0.25) is 5.02 Å². The van der Waals surface area contributed by atoms with E-state index < -0.39 is 0 Å². The van der Waals surface area contributed by atoms with Crippen molar-refractivity contribution in [1.29, 1.82) is 0 Å². The van der Waals surface area contributed by atoms with Crippen LogP contribution in [0.4, 0.5) is 5.69 Å². The molecule has 0 saturated heterocycles. The number of halogens is 1. The van der Waals surface area contributed by atoms with Crippen molar-refractivity contribution in [2.75, 3.05) is 11.9 Å². The summed E-state index contributed by atoms with van der Waals surface area (Å²) in [7, 11) is 0. The maximum Gasteiger partial charge on any atom is 0.224 e. The van der Waals surface area contributed by atoms with Crippen LogP contribution in [-0.4, -0.2) is 12.5 Å². The molecule has 140 valence electrons. The van der Waals surface area contributed by atoms with E-state index in [9.17, 15) is 4.79 Å². The molecule has 0 aromatic heterocycles. The Bertz CT molecular complexity index is 738. The molecule has 0 heterocycles. The largest absolute Gasteiger partial charge is 0.494 e. The van der Waals surface area contributed by atoms with Crippen molar-refractivity contribution in [2.45, 2.75) is 52.4 Å². The predicted molar refractivity (Wildman–Crippen MR) is 109 cm³/mol. The van der Waals surface area contributed by atoms with Crippen molar-refractivity contribution in [3.05, 3.63) is 58.6 Å². The SMILES string of the molecule is CCC(C)(C)c1ccc(OCCCC(=O)Nc2cccc(Cl)c2C)cc1. The van der Waals surface area contributed by atoms with Crippen LogP contribution in [0.15, 0.2) is 42.5 Å². The van der Waals surface area contributed by atoms with Gasteiger partial charge in [0.05, 0.1) is 6.61 Å². The van der Waals surface area contributed by atoms with Gasteiger partial charge in [0.25, 0.3) is 0 Å². The second-order valence-electron chi connectivity index (χ2n) is 7.17. The maximum atomic E-state index is 12.1. The normalized spacial score (nSPS) is 11.3. The van der Waals surface area contributed by atoms with E-state index in [0.717, 1.165) is 23.4 Å². The van der Waals surface area contributed by atoms with Crippen molar-refractivity contribution in [3.63, 3.8) is 0 Å². The van der Waals surface area contributed by atoms with Crippen LogP contribution < -0.4 is 10.1 Å². The first kappa shape index (κ1) is 20.3. The highest BCUT2D eigenvalue weighted by Crippen LogP contribution is 2.28. The summed E-state index contributed by atoms with van der Waals surface area (Å²) in [6, 6.07) is 13.7. The van der Waals surface area contributed by atoms with Crippen LogP contribution in [0.1, 0.15) is 51.2 Å². The van der Waals surface area contributed by atoms with Crippen molar-refractivity contribution < 1.29 is 9.53 Å². The fourth-order valence-electron chi connectivity index (χ4n) is 2.58. The van der Waals surface area contributed by atoms with Crippen molar-refractivity contribution in [3.8, 4) is 5.75 Å². The molecule has 0 fully saturated rings. The van der Waals surface area contributed by atoms with Crippen molar-refractivity contribution >= 4 is 23.2 Å². The fourth-order valence-corrected chi connectivity index (χ4v) is 2.76. The Morgan fingerprint density at radius 3 is 2.50 bits per heavy atom. The van der Waals surface area contributed by atoms with Gasteiger partial charge in [0.1, 0.15) is 5.75 Å². The number of amides is 1. The topological polar surface area (TPSA) is 38.3 Å². The van der Waals surface area contributed by atoms with Gasteiger partial charge < -0.3 is 10.1 Å². The second kappa shape index (κ2) is 9.09. The second-order valence-corrected chi connectivity index (χ2v) is 7.58. The van der Waals surface area contributed by atoms with E-state index in [1.807, 2.05) is 37.3 Å². The van der Waals surface area contributed by atoms with Gasteiger partial charge in [-0.25, -0.2) is 0 Å². The Hall–Kier alpha value is -2.00. The number of hydrogen-bond donors (Lipinski definition) is 1. The predicted octanol–water partition coefficient (Wildman–Crippen LogP) is 6.13. The average Bonchev–Trinajstić information content (AvgIpc) is 2.63. The lowest BCUT2D eigenvalue weighted by molar-refractivity contribution is -0.116. The van der Waals surface area contributed by atoms with E-state index >= 15 is 0 Å². The summed E-state index contributed by atoms with van der Waals surface area (Å²) in [4.78, 5) is 12.1. The number of ether oxygens (including phenoxy) is 1.